The molecule has 170 valence electrons. The summed E-state index contributed by atoms with van der Waals surface area (Å²) < 4.78 is 13.2. The van der Waals surface area contributed by atoms with Gasteiger partial charge in [-0.2, -0.15) is 10.2 Å². The molecule has 1 N–H and O–H groups in total. The van der Waals surface area contributed by atoms with Crippen molar-refractivity contribution in [1.82, 2.24) is 24.9 Å². The zero-order chi connectivity index (χ0) is 22.8. The Labute approximate surface area is 188 Å². The number of rotatable bonds is 6. The molecular formula is C23H23N5O5. The average molecular weight is 449 g/mol. The molecule has 0 radical (unpaired) electrons. The number of carbonyl (C=O) groups excluding carboxylic acids is 1. The molecule has 0 fully saturated rings. The Kier molecular flexibility index (Phi) is 5.64. The highest BCUT2D eigenvalue weighted by atomic mass is 16.7. The molecule has 10 heteroatoms. The Balaban J connectivity index is 1.23. The highest BCUT2D eigenvalue weighted by Crippen LogP contribution is 2.35. The van der Waals surface area contributed by atoms with Gasteiger partial charge in [-0.15, -0.1) is 0 Å². The van der Waals surface area contributed by atoms with Crippen molar-refractivity contribution in [2.24, 2.45) is 0 Å². The smallest absolute Gasteiger partial charge is 0.267 e. The van der Waals surface area contributed by atoms with E-state index in [-0.39, 0.29) is 43.5 Å². The first kappa shape index (κ1) is 20.9. The van der Waals surface area contributed by atoms with Crippen molar-refractivity contribution in [2.75, 3.05) is 13.3 Å². The minimum atomic E-state index is -0.387. The van der Waals surface area contributed by atoms with Crippen molar-refractivity contribution in [3.05, 3.63) is 68.4 Å². The number of carbonyl (C=O) groups is 1. The van der Waals surface area contributed by atoms with Gasteiger partial charge in [0, 0.05) is 24.2 Å². The number of ether oxygens (including phenoxy) is 2. The van der Waals surface area contributed by atoms with Crippen LogP contribution in [-0.4, -0.2) is 38.8 Å². The standard InChI is InChI=1S/C23H23N5O5/c29-21(24-9-10-27-23(31)12-15-3-1-2-4-17(15)25-27)13-28-22(30)8-6-18(26-28)16-5-7-19-20(11-16)33-14-32-19/h5-8,11-12H,1-4,9-10,13-14H2,(H,24,29). The van der Waals surface area contributed by atoms with Gasteiger partial charge in [0.2, 0.25) is 12.7 Å². The fourth-order valence-corrected chi connectivity index (χ4v) is 4.03. The quantitative estimate of drug-likeness (QED) is 0.594. The van der Waals surface area contributed by atoms with Crippen LogP contribution in [0.25, 0.3) is 11.3 Å². The van der Waals surface area contributed by atoms with Crippen molar-refractivity contribution in [3.8, 4) is 22.8 Å². The van der Waals surface area contributed by atoms with E-state index in [1.54, 1.807) is 24.3 Å². The van der Waals surface area contributed by atoms with Crippen LogP contribution in [0.1, 0.15) is 24.1 Å². The van der Waals surface area contributed by atoms with Gasteiger partial charge < -0.3 is 14.8 Å². The van der Waals surface area contributed by atoms with E-state index in [0.717, 1.165) is 47.2 Å². The maximum atomic E-state index is 12.4. The zero-order valence-corrected chi connectivity index (χ0v) is 18.0. The van der Waals surface area contributed by atoms with E-state index in [4.69, 9.17) is 9.47 Å². The second-order valence-corrected chi connectivity index (χ2v) is 8.02. The maximum Gasteiger partial charge on any atom is 0.267 e. The maximum absolute atomic E-state index is 12.4. The van der Waals surface area contributed by atoms with E-state index in [0.29, 0.717) is 17.2 Å². The second kappa shape index (κ2) is 8.89. The number of hydrogen-bond acceptors (Lipinski definition) is 7. The fourth-order valence-electron chi connectivity index (χ4n) is 4.03. The minimum Gasteiger partial charge on any atom is -0.454 e. The molecule has 0 bridgehead atoms. The Hall–Kier alpha value is -3.95. The predicted octanol–water partition coefficient (Wildman–Crippen LogP) is 0.891. The lowest BCUT2D eigenvalue weighted by molar-refractivity contribution is -0.121. The molecule has 0 atom stereocenters. The lowest BCUT2D eigenvalue weighted by Gasteiger charge is -2.16. The molecule has 0 spiro atoms. The fraction of sp³-hybridized carbons (Fsp3) is 0.348. The van der Waals surface area contributed by atoms with Crippen LogP contribution < -0.4 is 25.9 Å². The van der Waals surface area contributed by atoms with Gasteiger partial charge in [-0.3, -0.25) is 14.4 Å². The first-order chi connectivity index (χ1) is 16.1. The molecule has 1 aliphatic carbocycles. The van der Waals surface area contributed by atoms with Crippen LogP contribution in [-0.2, 0) is 30.7 Å². The normalized spacial score (nSPS) is 14.1. The summed E-state index contributed by atoms with van der Waals surface area (Å²) in [4.78, 5) is 36.9. The first-order valence-electron chi connectivity index (χ1n) is 10.9. The highest BCUT2D eigenvalue weighted by Gasteiger charge is 2.16. The van der Waals surface area contributed by atoms with Gasteiger partial charge in [-0.05, 0) is 55.5 Å². The molecule has 5 rings (SSSR count). The molecule has 0 saturated heterocycles. The van der Waals surface area contributed by atoms with Gasteiger partial charge in [0.25, 0.3) is 11.1 Å². The molecule has 3 aromatic rings. The molecule has 10 nitrogen and oxygen atoms in total. The van der Waals surface area contributed by atoms with Gasteiger partial charge in [0.1, 0.15) is 6.54 Å². The van der Waals surface area contributed by atoms with Crippen LogP contribution in [0, 0.1) is 0 Å². The lowest BCUT2D eigenvalue weighted by atomic mass is 9.97. The summed E-state index contributed by atoms with van der Waals surface area (Å²) in [5.41, 5.74) is 2.71. The van der Waals surface area contributed by atoms with E-state index in [1.807, 2.05) is 6.07 Å². The molecule has 0 unspecified atom stereocenters. The number of aromatic nitrogens is 4. The summed E-state index contributed by atoms with van der Waals surface area (Å²) in [5, 5.41) is 11.5. The predicted molar refractivity (Wildman–Crippen MR) is 118 cm³/mol. The van der Waals surface area contributed by atoms with Crippen LogP contribution in [0.15, 0.2) is 46.0 Å². The molecule has 1 aliphatic heterocycles. The minimum absolute atomic E-state index is 0.166. The lowest BCUT2D eigenvalue weighted by Crippen LogP contribution is -2.37. The van der Waals surface area contributed by atoms with Crippen LogP contribution in [0.2, 0.25) is 0 Å². The third-order valence-corrected chi connectivity index (χ3v) is 5.75. The second-order valence-electron chi connectivity index (χ2n) is 8.02. The van der Waals surface area contributed by atoms with Crippen LogP contribution in [0.4, 0.5) is 0 Å². The Morgan fingerprint density at radius 2 is 1.79 bits per heavy atom. The summed E-state index contributed by atoms with van der Waals surface area (Å²) >= 11 is 0. The SMILES string of the molecule is O=C(Cn1nc(-c2ccc3c(c2)OCO3)ccc1=O)NCCn1nc2c(cc1=O)CCCC2. The number of hydrogen-bond donors (Lipinski definition) is 1. The largest absolute Gasteiger partial charge is 0.454 e. The molecule has 1 aromatic carbocycles. The molecule has 33 heavy (non-hydrogen) atoms. The number of benzene rings is 1. The number of aryl methyl sites for hydroxylation is 2. The van der Waals surface area contributed by atoms with Crippen molar-refractivity contribution in [1.29, 1.82) is 0 Å². The van der Waals surface area contributed by atoms with Gasteiger partial charge in [0.15, 0.2) is 11.5 Å². The molecule has 1 amide bonds. The average Bonchev–Trinajstić information content (AvgIpc) is 3.29. The van der Waals surface area contributed by atoms with E-state index < -0.39 is 0 Å². The van der Waals surface area contributed by atoms with Gasteiger partial charge in [-0.1, -0.05) is 0 Å². The van der Waals surface area contributed by atoms with Gasteiger partial charge >= 0.3 is 0 Å². The number of nitrogens with one attached hydrogen (secondary N) is 1. The van der Waals surface area contributed by atoms with Crippen molar-refractivity contribution in [3.63, 3.8) is 0 Å². The Morgan fingerprint density at radius 1 is 0.939 bits per heavy atom. The van der Waals surface area contributed by atoms with Crippen molar-refractivity contribution >= 4 is 5.91 Å². The number of amides is 1. The molecule has 0 saturated carbocycles. The third-order valence-electron chi connectivity index (χ3n) is 5.75. The molecule has 2 aromatic heterocycles. The van der Waals surface area contributed by atoms with E-state index in [9.17, 15) is 14.4 Å². The highest BCUT2D eigenvalue weighted by molar-refractivity contribution is 5.75. The summed E-state index contributed by atoms with van der Waals surface area (Å²) in [6.45, 7) is 0.418. The monoisotopic (exact) mass is 449 g/mol. The number of fused-ring (bicyclic) bond motifs is 2. The summed E-state index contributed by atoms with van der Waals surface area (Å²) in [6, 6.07) is 9.99. The summed E-state index contributed by atoms with van der Waals surface area (Å²) in [7, 11) is 0. The van der Waals surface area contributed by atoms with Gasteiger partial charge in [0.05, 0.1) is 17.9 Å². The molecule has 2 aliphatic rings. The Morgan fingerprint density at radius 3 is 2.70 bits per heavy atom. The van der Waals surface area contributed by atoms with E-state index in [2.05, 4.69) is 15.5 Å². The molecule has 3 heterocycles. The summed E-state index contributed by atoms with van der Waals surface area (Å²) in [5.74, 6) is 0.883. The van der Waals surface area contributed by atoms with Gasteiger partial charge in [-0.25, -0.2) is 9.36 Å². The first-order valence-corrected chi connectivity index (χ1v) is 10.9. The topological polar surface area (TPSA) is 117 Å². The Bertz CT molecular complexity index is 1330. The number of nitrogens with zero attached hydrogens (tertiary/aromatic N) is 4. The summed E-state index contributed by atoms with van der Waals surface area (Å²) in [6.07, 6.45) is 3.91. The molecular weight excluding hydrogens is 426 g/mol. The van der Waals surface area contributed by atoms with Crippen LogP contribution >= 0.6 is 0 Å². The van der Waals surface area contributed by atoms with Crippen molar-refractivity contribution in [2.45, 2.75) is 38.8 Å². The van der Waals surface area contributed by atoms with E-state index >= 15 is 0 Å². The van der Waals surface area contributed by atoms with Crippen LogP contribution in [0.3, 0.4) is 0 Å². The zero-order valence-electron chi connectivity index (χ0n) is 18.0. The van der Waals surface area contributed by atoms with E-state index in [1.165, 1.54) is 10.7 Å². The van der Waals surface area contributed by atoms with Crippen LogP contribution in [0.5, 0.6) is 11.5 Å². The third kappa shape index (κ3) is 4.50. The van der Waals surface area contributed by atoms with Crippen molar-refractivity contribution < 1.29 is 14.3 Å².